The highest BCUT2D eigenvalue weighted by molar-refractivity contribution is 9.10. The lowest BCUT2D eigenvalue weighted by molar-refractivity contribution is -0.118. The lowest BCUT2D eigenvalue weighted by Crippen LogP contribution is -2.27. The number of thioether (sulfide) groups is 1. The van der Waals surface area contributed by atoms with E-state index in [0.29, 0.717) is 25.5 Å². The molecule has 4 nitrogen and oxygen atoms in total. The predicted octanol–water partition coefficient (Wildman–Crippen LogP) is 4.70. The van der Waals surface area contributed by atoms with Crippen LogP contribution in [-0.4, -0.2) is 31.4 Å². The highest BCUT2D eigenvalue weighted by Gasteiger charge is 2.07. The van der Waals surface area contributed by atoms with Gasteiger partial charge in [0.1, 0.15) is 0 Å². The molecule has 0 aliphatic rings. The Morgan fingerprint density at radius 1 is 1.04 bits per heavy atom. The van der Waals surface area contributed by atoms with E-state index in [0.717, 1.165) is 32.9 Å². The number of halogens is 1. The SMILES string of the molecule is CCOc1ccc(CCNC(=O)CSc2ccc(Br)cc2)cc1OCC. The first kappa shape index (κ1) is 20.6. The molecule has 0 spiro atoms. The average Bonchev–Trinajstić information content (AvgIpc) is 2.64. The number of ether oxygens (including phenoxy) is 2. The van der Waals surface area contributed by atoms with E-state index < -0.39 is 0 Å². The second-order valence-electron chi connectivity index (χ2n) is 5.49. The molecule has 0 saturated heterocycles. The van der Waals surface area contributed by atoms with E-state index in [9.17, 15) is 4.79 Å². The molecule has 0 bridgehead atoms. The van der Waals surface area contributed by atoms with Crippen molar-refractivity contribution in [3.8, 4) is 11.5 Å². The third kappa shape index (κ3) is 6.92. The monoisotopic (exact) mass is 437 g/mol. The highest BCUT2D eigenvalue weighted by Crippen LogP contribution is 2.28. The van der Waals surface area contributed by atoms with Gasteiger partial charge in [0.15, 0.2) is 11.5 Å². The van der Waals surface area contributed by atoms with Gasteiger partial charge in [0, 0.05) is 15.9 Å². The molecular weight excluding hydrogens is 414 g/mol. The minimum Gasteiger partial charge on any atom is -0.490 e. The zero-order valence-corrected chi connectivity index (χ0v) is 17.5. The molecule has 0 saturated carbocycles. The Balaban J connectivity index is 1.78. The Labute approximate surface area is 167 Å². The van der Waals surface area contributed by atoms with Crippen LogP contribution in [-0.2, 0) is 11.2 Å². The molecule has 0 unspecified atom stereocenters. The van der Waals surface area contributed by atoms with Crippen LogP contribution in [0.4, 0.5) is 0 Å². The number of carbonyl (C=O) groups is 1. The van der Waals surface area contributed by atoms with Gasteiger partial charge in [-0.05, 0) is 62.2 Å². The Bertz CT molecular complexity index is 707. The number of rotatable bonds is 10. The number of hydrogen-bond donors (Lipinski definition) is 1. The molecule has 0 radical (unpaired) electrons. The summed E-state index contributed by atoms with van der Waals surface area (Å²) in [5.74, 6) is 1.96. The molecule has 140 valence electrons. The molecule has 1 amide bonds. The van der Waals surface area contributed by atoms with Crippen LogP contribution in [0.5, 0.6) is 11.5 Å². The molecule has 0 aromatic heterocycles. The fourth-order valence-corrected chi connectivity index (χ4v) is 3.32. The van der Waals surface area contributed by atoms with Crippen LogP contribution in [0, 0.1) is 0 Å². The molecule has 0 heterocycles. The summed E-state index contributed by atoms with van der Waals surface area (Å²) in [4.78, 5) is 13.1. The van der Waals surface area contributed by atoms with E-state index in [1.807, 2.05) is 56.3 Å². The molecule has 0 atom stereocenters. The maximum absolute atomic E-state index is 12.0. The summed E-state index contributed by atoms with van der Waals surface area (Å²) in [6.07, 6.45) is 0.751. The van der Waals surface area contributed by atoms with Gasteiger partial charge < -0.3 is 14.8 Å². The van der Waals surface area contributed by atoms with Crippen molar-refractivity contribution in [1.82, 2.24) is 5.32 Å². The number of hydrogen-bond acceptors (Lipinski definition) is 4. The number of amides is 1. The Morgan fingerprint density at radius 2 is 1.73 bits per heavy atom. The minimum absolute atomic E-state index is 0.0360. The standard InChI is InChI=1S/C20H24BrNO3S/c1-3-24-18-10-5-15(13-19(18)25-4-2)11-12-22-20(23)14-26-17-8-6-16(21)7-9-17/h5-10,13H,3-4,11-12,14H2,1-2H3,(H,22,23). The van der Waals surface area contributed by atoms with Crippen LogP contribution < -0.4 is 14.8 Å². The zero-order chi connectivity index (χ0) is 18.8. The van der Waals surface area contributed by atoms with E-state index >= 15 is 0 Å². The molecule has 0 fully saturated rings. The average molecular weight is 438 g/mol. The summed E-state index contributed by atoms with van der Waals surface area (Å²) in [6, 6.07) is 13.9. The normalized spacial score (nSPS) is 10.4. The van der Waals surface area contributed by atoms with E-state index in [-0.39, 0.29) is 5.91 Å². The molecule has 2 rings (SSSR count). The Kier molecular flexibility index (Phi) is 8.85. The quantitative estimate of drug-likeness (QED) is 0.547. The molecule has 0 aliphatic heterocycles. The van der Waals surface area contributed by atoms with Crippen molar-refractivity contribution < 1.29 is 14.3 Å². The van der Waals surface area contributed by atoms with Crippen LogP contribution in [0.3, 0.4) is 0 Å². The van der Waals surface area contributed by atoms with Crippen molar-refractivity contribution in [3.05, 3.63) is 52.5 Å². The van der Waals surface area contributed by atoms with Gasteiger partial charge in [0.05, 0.1) is 19.0 Å². The maximum atomic E-state index is 12.0. The zero-order valence-electron chi connectivity index (χ0n) is 15.1. The Hall–Kier alpha value is -1.66. The summed E-state index contributed by atoms with van der Waals surface area (Å²) < 4.78 is 12.2. The van der Waals surface area contributed by atoms with E-state index in [1.54, 1.807) is 0 Å². The second kappa shape index (κ2) is 11.1. The van der Waals surface area contributed by atoms with E-state index in [2.05, 4.69) is 21.2 Å². The topological polar surface area (TPSA) is 47.6 Å². The number of benzene rings is 2. The molecule has 1 N–H and O–H groups in total. The number of nitrogens with one attached hydrogen (secondary N) is 1. The molecular formula is C20H24BrNO3S. The van der Waals surface area contributed by atoms with Crippen molar-refractivity contribution in [2.75, 3.05) is 25.5 Å². The van der Waals surface area contributed by atoms with Gasteiger partial charge in [-0.3, -0.25) is 4.79 Å². The fraction of sp³-hybridized carbons (Fsp3) is 0.350. The molecule has 2 aromatic carbocycles. The molecule has 2 aromatic rings. The van der Waals surface area contributed by atoms with Crippen LogP contribution in [0.2, 0.25) is 0 Å². The summed E-state index contributed by atoms with van der Waals surface area (Å²) in [7, 11) is 0. The smallest absolute Gasteiger partial charge is 0.230 e. The first-order valence-electron chi connectivity index (χ1n) is 8.66. The third-order valence-corrected chi connectivity index (χ3v) is 5.07. The van der Waals surface area contributed by atoms with Gasteiger partial charge in [0.25, 0.3) is 0 Å². The lowest BCUT2D eigenvalue weighted by atomic mass is 10.1. The first-order chi connectivity index (χ1) is 12.6. The van der Waals surface area contributed by atoms with Crippen LogP contribution in [0.1, 0.15) is 19.4 Å². The first-order valence-corrected chi connectivity index (χ1v) is 10.4. The second-order valence-corrected chi connectivity index (χ2v) is 7.45. The summed E-state index contributed by atoms with van der Waals surface area (Å²) in [6.45, 7) is 5.69. The van der Waals surface area contributed by atoms with Gasteiger partial charge in [-0.15, -0.1) is 11.8 Å². The largest absolute Gasteiger partial charge is 0.490 e. The molecule has 6 heteroatoms. The van der Waals surface area contributed by atoms with E-state index in [1.165, 1.54) is 11.8 Å². The number of carbonyl (C=O) groups excluding carboxylic acids is 1. The van der Waals surface area contributed by atoms with Gasteiger partial charge in [-0.25, -0.2) is 0 Å². The lowest BCUT2D eigenvalue weighted by Gasteiger charge is -2.12. The third-order valence-electron chi connectivity index (χ3n) is 3.53. The van der Waals surface area contributed by atoms with Crippen molar-refractivity contribution in [3.63, 3.8) is 0 Å². The van der Waals surface area contributed by atoms with Crippen LogP contribution in [0.25, 0.3) is 0 Å². The molecule has 0 aliphatic carbocycles. The van der Waals surface area contributed by atoms with Crippen molar-refractivity contribution in [2.24, 2.45) is 0 Å². The van der Waals surface area contributed by atoms with Crippen molar-refractivity contribution in [2.45, 2.75) is 25.2 Å². The van der Waals surface area contributed by atoms with Crippen LogP contribution in [0.15, 0.2) is 51.8 Å². The predicted molar refractivity (Wildman–Crippen MR) is 110 cm³/mol. The summed E-state index contributed by atoms with van der Waals surface area (Å²) >= 11 is 4.93. The van der Waals surface area contributed by atoms with Crippen molar-refractivity contribution in [1.29, 1.82) is 0 Å². The highest BCUT2D eigenvalue weighted by atomic mass is 79.9. The molecule has 26 heavy (non-hydrogen) atoms. The fourth-order valence-electron chi connectivity index (χ4n) is 2.33. The van der Waals surface area contributed by atoms with Crippen molar-refractivity contribution >= 4 is 33.6 Å². The van der Waals surface area contributed by atoms with Gasteiger partial charge >= 0.3 is 0 Å². The maximum Gasteiger partial charge on any atom is 0.230 e. The van der Waals surface area contributed by atoms with Gasteiger partial charge in [-0.2, -0.15) is 0 Å². The summed E-state index contributed by atoms with van der Waals surface area (Å²) in [5, 5.41) is 2.96. The Morgan fingerprint density at radius 3 is 2.42 bits per heavy atom. The van der Waals surface area contributed by atoms with Crippen LogP contribution >= 0.6 is 27.7 Å². The minimum atomic E-state index is 0.0360. The van der Waals surface area contributed by atoms with E-state index in [4.69, 9.17) is 9.47 Å². The summed E-state index contributed by atoms with van der Waals surface area (Å²) in [5.41, 5.74) is 1.11. The van der Waals surface area contributed by atoms with Gasteiger partial charge in [0.2, 0.25) is 5.91 Å². The van der Waals surface area contributed by atoms with Gasteiger partial charge in [-0.1, -0.05) is 22.0 Å².